The maximum absolute atomic E-state index is 11.0. The van der Waals surface area contributed by atoms with Gasteiger partial charge in [-0.15, -0.1) is 0 Å². The first kappa shape index (κ1) is 14.0. The highest BCUT2D eigenvalue weighted by Gasteiger charge is 2.21. The van der Waals surface area contributed by atoms with Gasteiger partial charge in [0.2, 0.25) is 0 Å². The van der Waals surface area contributed by atoms with E-state index in [1.165, 1.54) is 12.8 Å². The van der Waals surface area contributed by atoms with Gasteiger partial charge in [0.25, 0.3) is 0 Å². The lowest BCUT2D eigenvalue weighted by molar-refractivity contribution is 0.0696. The van der Waals surface area contributed by atoms with Crippen molar-refractivity contribution >= 4 is 5.97 Å². The third kappa shape index (κ3) is 3.78. The van der Waals surface area contributed by atoms with Crippen LogP contribution in [-0.4, -0.2) is 41.7 Å². The molecular formula is C15H22N2O2. The Morgan fingerprint density at radius 3 is 3.11 bits per heavy atom. The Morgan fingerprint density at radius 2 is 2.37 bits per heavy atom. The van der Waals surface area contributed by atoms with E-state index in [1.54, 1.807) is 12.1 Å². The predicted octanol–water partition coefficient (Wildman–Crippen LogP) is 1.96. The van der Waals surface area contributed by atoms with Crippen molar-refractivity contribution in [2.24, 2.45) is 0 Å². The molecule has 0 aliphatic carbocycles. The van der Waals surface area contributed by atoms with Gasteiger partial charge < -0.3 is 10.4 Å². The summed E-state index contributed by atoms with van der Waals surface area (Å²) in [7, 11) is 0. The molecule has 1 aliphatic heterocycles. The molecule has 0 unspecified atom stereocenters. The second-order valence-corrected chi connectivity index (χ2v) is 5.12. The van der Waals surface area contributed by atoms with Gasteiger partial charge in [0, 0.05) is 32.2 Å². The van der Waals surface area contributed by atoms with Gasteiger partial charge in [0.05, 0.1) is 5.56 Å². The molecule has 0 saturated carbocycles. The number of rotatable bonds is 5. The van der Waals surface area contributed by atoms with Crippen LogP contribution in [0.2, 0.25) is 0 Å². The van der Waals surface area contributed by atoms with Crippen LogP contribution in [0, 0.1) is 0 Å². The lowest BCUT2D eigenvalue weighted by Crippen LogP contribution is -2.50. The van der Waals surface area contributed by atoms with Crippen molar-refractivity contribution in [2.45, 2.75) is 32.4 Å². The molecule has 0 amide bonds. The summed E-state index contributed by atoms with van der Waals surface area (Å²) >= 11 is 0. The van der Waals surface area contributed by atoms with E-state index >= 15 is 0 Å². The van der Waals surface area contributed by atoms with Crippen LogP contribution in [0.5, 0.6) is 0 Å². The average molecular weight is 262 g/mol. The van der Waals surface area contributed by atoms with E-state index in [1.807, 2.05) is 12.1 Å². The molecule has 2 rings (SSSR count). The van der Waals surface area contributed by atoms with Gasteiger partial charge in [-0.25, -0.2) is 4.79 Å². The third-order valence-electron chi connectivity index (χ3n) is 3.65. The summed E-state index contributed by atoms with van der Waals surface area (Å²) in [6.45, 7) is 6.12. The Balaban J connectivity index is 2.06. The highest BCUT2D eigenvalue weighted by Crippen LogP contribution is 2.15. The molecular weight excluding hydrogens is 240 g/mol. The monoisotopic (exact) mass is 262 g/mol. The normalized spacial score (nSPS) is 20.4. The van der Waals surface area contributed by atoms with Gasteiger partial charge in [-0.05, 0) is 24.1 Å². The first-order valence-electron chi connectivity index (χ1n) is 6.97. The quantitative estimate of drug-likeness (QED) is 0.851. The Kier molecular flexibility index (Phi) is 4.93. The largest absolute Gasteiger partial charge is 0.478 e. The number of nitrogens with one attached hydrogen (secondary N) is 1. The zero-order valence-electron chi connectivity index (χ0n) is 11.4. The number of hydrogen-bond acceptors (Lipinski definition) is 3. The van der Waals surface area contributed by atoms with Crippen LogP contribution in [0.3, 0.4) is 0 Å². The molecule has 104 valence electrons. The van der Waals surface area contributed by atoms with Gasteiger partial charge in [-0.2, -0.15) is 0 Å². The van der Waals surface area contributed by atoms with Crippen LogP contribution in [0.25, 0.3) is 0 Å². The topological polar surface area (TPSA) is 52.6 Å². The number of carboxylic acid groups (broad SMARTS) is 1. The second-order valence-electron chi connectivity index (χ2n) is 5.12. The maximum Gasteiger partial charge on any atom is 0.335 e. The fourth-order valence-corrected chi connectivity index (χ4v) is 2.67. The van der Waals surface area contributed by atoms with Gasteiger partial charge in [-0.1, -0.05) is 25.5 Å². The summed E-state index contributed by atoms with van der Waals surface area (Å²) in [6, 6.07) is 7.83. The average Bonchev–Trinajstić information content (AvgIpc) is 2.41. The van der Waals surface area contributed by atoms with E-state index in [9.17, 15) is 4.79 Å². The van der Waals surface area contributed by atoms with Crippen molar-refractivity contribution in [1.82, 2.24) is 10.2 Å². The van der Waals surface area contributed by atoms with Crippen molar-refractivity contribution in [2.75, 3.05) is 19.6 Å². The van der Waals surface area contributed by atoms with Crippen molar-refractivity contribution in [3.63, 3.8) is 0 Å². The summed E-state index contributed by atoms with van der Waals surface area (Å²) < 4.78 is 0. The number of benzene rings is 1. The minimum Gasteiger partial charge on any atom is -0.478 e. The van der Waals surface area contributed by atoms with E-state index in [2.05, 4.69) is 17.1 Å². The van der Waals surface area contributed by atoms with Crippen molar-refractivity contribution in [3.05, 3.63) is 35.4 Å². The SMILES string of the molecule is CCC[C@H]1CNCCN1Cc1cccc(C(=O)O)c1. The zero-order chi connectivity index (χ0) is 13.7. The molecule has 1 saturated heterocycles. The van der Waals surface area contributed by atoms with Crippen LogP contribution in [0.4, 0.5) is 0 Å². The smallest absolute Gasteiger partial charge is 0.335 e. The van der Waals surface area contributed by atoms with E-state index in [0.29, 0.717) is 11.6 Å². The van der Waals surface area contributed by atoms with Crippen LogP contribution in [0.1, 0.15) is 35.7 Å². The number of carboxylic acids is 1. The molecule has 1 heterocycles. The lowest BCUT2D eigenvalue weighted by Gasteiger charge is -2.36. The van der Waals surface area contributed by atoms with Crippen LogP contribution >= 0.6 is 0 Å². The zero-order valence-corrected chi connectivity index (χ0v) is 11.4. The van der Waals surface area contributed by atoms with Crippen molar-refractivity contribution in [1.29, 1.82) is 0 Å². The van der Waals surface area contributed by atoms with E-state index in [4.69, 9.17) is 5.11 Å². The van der Waals surface area contributed by atoms with E-state index in [0.717, 1.165) is 31.7 Å². The number of aromatic carboxylic acids is 1. The van der Waals surface area contributed by atoms with Gasteiger partial charge >= 0.3 is 5.97 Å². The molecule has 0 aromatic heterocycles. The highest BCUT2D eigenvalue weighted by molar-refractivity contribution is 5.87. The Bertz CT molecular complexity index is 432. The molecule has 2 N–H and O–H groups in total. The molecule has 0 spiro atoms. The molecule has 1 aliphatic rings. The van der Waals surface area contributed by atoms with Gasteiger partial charge in [0.1, 0.15) is 0 Å². The number of nitrogens with zero attached hydrogens (tertiary/aromatic N) is 1. The number of piperazine rings is 1. The first-order chi connectivity index (χ1) is 9.20. The van der Waals surface area contributed by atoms with E-state index < -0.39 is 5.97 Å². The molecule has 0 bridgehead atoms. The third-order valence-corrected chi connectivity index (χ3v) is 3.65. The first-order valence-corrected chi connectivity index (χ1v) is 6.97. The summed E-state index contributed by atoms with van der Waals surface area (Å²) in [5.41, 5.74) is 1.46. The lowest BCUT2D eigenvalue weighted by atomic mass is 10.1. The van der Waals surface area contributed by atoms with Gasteiger partial charge in [-0.3, -0.25) is 4.90 Å². The standard InChI is InChI=1S/C15H22N2O2/c1-2-4-14-10-16-7-8-17(14)11-12-5-3-6-13(9-12)15(18)19/h3,5-6,9,14,16H,2,4,7-8,10-11H2,1H3,(H,18,19)/t14-/m0/s1. The van der Waals surface area contributed by atoms with Crippen molar-refractivity contribution < 1.29 is 9.90 Å². The van der Waals surface area contributed by atoms with E-state index in [-0.39, 0.29) is 0 Å². The minimum atomic E-state index is -0.854. The molecule has 19 heavy (non-hydrogen) atoms. The molecule has 4 heteroatoms. The molecule has 1 fully saturated rings. The van der Waals surface area contributed by atoms with Crippen molar-refractivity contribution in [3.8, 4) is 0 Å². The molecule has 0 radical (unpaired) electrons. The Hall–Kier alpha value is -1.39. The molecule has 1 aromatic rings. The Labute approximate surface area is 114 Å². The number of hydrogen-bond donors (Lipinski definition) is 2. The molecule has 1 aromatic carbocycles. The van der Waals surface area contributed by atoms with Crippen LogP contribution in [-0.2, 0) is 6.54 Å². The fraction of sp³-hybridized carbons (Fsp3) is 0.533. The second kappa shape index (κ2) is 6.68. The van der Waals surface area contributed by atoms with Crippen LogP contribution in [0.15, 0.2) is 24.3 Å². The summed E-state index contributed by atoms with van der Waals surface area (Å²) in [5.74, 6) is -0.854. The predicted molar refractivity (Wildman–Crippen MR) is 75.4 cm³/mol. The minimum absolute atomic E-state index is 0.375. The van der Waals surface area contributed by atoms with Gasteiger partial charge in [0.15, 0.2) is 0 Å². The maximum atomic E-state index is 11.0. The summed E-state index contributed by atoms with van der Waals surface area (Å²) in [6.07, 6.45) is 2.36. The molecule has 4 nitrogen and oxygen atoms in total. The highest BCUT2D eigenvalue weighted by atomic mass is 16.4. The molecule has 1 atom stereocenters. The fourth-order valence-electron chi connectivity index (χ4n) is 2.67. The summed E-state index contributed by atoms with van der Waals surface area (Å²) in [5, 5.41) is 12.5. The summed E-state index contributed by atoms with van der Waals surface area (Å²) in [4.78, 5) is 13.4. The van der Waals surface area contributed by atoms with Crippen LogP contribution < -0.4 is 5.32 Å². The number of carbonyl (C=O) groups is 1. The Morgan fingerprint density at radius 1 is 1.53 bits per heavy atom.